The summed E-state index contributed by atoms with van der Waals surface area (Å²) in [6.45, 7) is 1.88. The Kier molecular flexibility index (Phi) is 4.13. The Hall–Kier alpha value is -3.00. The fourth-order valence-electron chi connectivity index (χ4n) is 2.05. The van der Waals surface area contributed by atoms with Crippen molar-refractivity contribution in [1.29, 1.82) is 0 Å². The minimum absolute atomic E-state index is 0.128. The van der Waals surface area contributed by atoms with Crippen molar-refractivity contribution >= 4 is 33.1 Å². The van der Waals surface area contributed by atoms with E-state index in [-0.39, 0.29) is 10.7 Å². The minimum atomic E-state index is -3.74. The van der Waals surface area contributed by atoms with Crippen LogP contribution < -0.4 is 10.6 Å². The van der Waals surface area contributed by atoms with Gasteiger partial charge in [0.2, 0.25) is 0 Å². The Morgan fingerprint density at radius 2 is 1.67 bits per heavy atom. The van der Waals surface area contributed by atoms with Crippen molar-refractivity contribution in [2.45, 2.75) is 11.8 Å². The van der Waals surface area contributed by atoms with Crippen LogP contribution in [-0.4, -0.2) is 24.6 Å². The number of nitrogens with zero attached hydrogens (tertiary/aromatic N) is 3. The number of para-hydroxylation sites is 2. The summed E-state index contributed by atoms with van der Waals surface area (Å²) >= 11 is 0. The molecule has 2 aromatic carbocycles. The largest absolute Gasteiger partial charge is 0.382 e. The van der Waals surface area contributed by atoms with Gasteiger partial charge in [0.1, 0.15) is 5.69 Å². The van der Waals surface area contributed by atoms with E-state index in [4.69, 9.17) is 5.73 Å². The third-order valence-corrected chi connectivity index (χ3v) is 4.56. The number of nitrogens with one attached hydrogen (secondary N) is 1. The molecular weight excluding hydrogens is 326 g/mol. The van der Waals surface area contributed by atoms with Gasteiger partial charge in [-0.3, -0.25) is 0 Å². The van der Waals surface area contributed by atoms with E-state index in [2.05, 4.69) is 19.9 Å². The molecule has 3 aromatic rings. The van der Waals surface area contributed by atoms with Gasteiger partial charge in [-0.05, 0) is 31.2 Å². The van der Waals surface area contributed by atoms with E-state index in [9.17, 15) is 8.42 Å². The Bertz CT molecular complexity index is 1010. The highest BCUT2D eigenvalue weighted by atomic mass is 32.2. The van der Waals surface area contributed by atoms with Gasteiger partial charge in [-0.15, -0.1) is 0 Å². The summed E-state index contributed by atoms with van der Waals surface area (Å²) in [5.74, 6) is 0.173. The number of sulfonamides is 1. The molecule has 8 heteroatoms. The number of aromatic nitrogens is 2. The number of hydrazone groups is 1. The molecule has 1 aromatic heterocycles. The first kappa shape index (κ1) is 15.9. The lowest BCUT2D eigenvalue weighted by atomic mass is 10.2. The molecule has 3 rings (SSSR count). The molecule has 0 saturated carbocycles. The third-order valence-electron chi connectivity index (χ3n) is 3.32. The zero-order chi connectivity index (χ0) is 17.2. The fraction of sp³-hybridized carbons (Fsp3) is 0.0625. The number of hydrogen-bond acceptors (Lipinski definition) is 6. The van der Waals surface area contributed by atoms with Crippen LogP contribution in [0.15, 0.2) is 58.5 Å². The molecule has 0 bridgehead atoms. The topological polar surface area (TPSA) is 110 Å². The highest BCUT2D eigenvalue weighted by Crippen LogP contribution is 2.13. The molecule has 122 valence electrons. The van der Waals surface area contributed by atoms with Crippen molar-refractivity contribution < 1.29 is 8.42 Å². The summed E-state index contributed by atoms with van der Waals surface area (Å²) in [5.41, 5.74) is 8.39. The first-order valence-electron chi connectivity index (χ1n) is 7.09. The first-order chi connectivity index (χ1) is 11.5. The van der Waals surface area contributed by atoms with E-state index in [0.29, 0.717) is 16.7 Å². The van der Waals surface area contributed by atoms with Gasteiger partial charge in [-0.1, -0.05) is 29.8 Å². The predicted octanol–water partition coefficient (Wildman–Crippen LogP) is 1.83. The standard InChI is InChI=1S/C16H15N5O2S/c1-11-6-8-12(9-7-11)24(22,23)21-18-10-15-16(17)20-14-5-3-2-4-13(14)19-15/h2-10,21H,1H3,(H2,17,20). The molecule has 0 aliphatic rings. The SMILES string of the molecule is Cc1ccc(S(=O)(=O)NN=Cc2nc3ccccc3nc2N)cc1. The molecule has 0 saturated heterocycles. The molecule has 0 atom stereocenters. The molecule has 24 heavy (non-hydrogen) atoms. The van der Waals surface area contributed by atoms with Crippen LogP contribution in [0.2, 0.25) is 0 Å². The zero-order valence-corrected chi connectivity index (χ0v) is 13.7. The number of aryl methyl sites for hydroxylation is 1. The van der Waals surface area contributed by atoms with E-state index >= 15 is 0 Å². The summed E-state index contributed by atoms with van der Waals surface area (Å²) in [4.78, 5) is 10.8. The molecular formula is C16H15N5O2S. The second kappa shape index (κ2) is 6.25. The van der Waals surface area contributed by atoms with Gasteiger partial charge in [0.25, 0.3) is 10.0 Å². The lowest BCUT2D eigenvalue weighted by molar-refractivity contribution is 0.584. The molecule has 0 spiro atoms. The number of anilines is 1. The summed E-state index contributed by atoms with van der Waals surface area (Å²) in [6, 6.07) is 13.7. The average Bonchev–Trinajstić information content (AvgIpc) is 2.55. The zero-order valence-electron chi connectivity index (χ0n) is 12.8. The Morgan fingerprint density at radius 3 is 2.33 bits per heavy atom. The van der Waals surface area contributed by atoms with Crippen LogP contribution >= 0.6 is 0 Å². The minimum Gasteiger partial charge on any atom is -0.382 e. The molecule has 0 aliphatic heterocycles. The predicted molar refractivity (Wildman–Crippen MR) is 93.0 cm³/mol. The monoisotopic (exact) mass is 341 g/mol. The lowest BCUT2D eigenvalue weighted by Crippen LogP contribution is -2.18. The fourth-order valence-corrected chi connectivity index (χ4v) is 2.84. The van der Waals surface area contributed by atoms with Crippen molar-refractivity contribution in [1.82, 2.24) is 14.8 Å². The van der Waals surface area contributed by atoms with Crippen molar-refractivity contribution in [2.24, 2.45) is 5.10 Å². The molecule has 0 radical (unpaired) electrons. The van der Waals surface area contributed by atoms with Crippen LogP contribution in [0.5, 0.6) is 0 Å². The summed E-state index contributed by atoms with van der Waals surface area (Å²) in [5, 5.41) is 3.73. The lowest BCUT2D eigenvalue weighted by Gasteiger charge is -2.04. The van der Waals surface area contributed by atoms with E-state index in [1.165, 1.54) is 18.3 Å². The van der Waals surface area contributed by atoms with Crippen LogP contribution in [0.25, 0.3) is 11.0 Å². The molecule has 1 heterocycles. The Balaban J connectivity index is 1.83. The first-order valence-corrected chi connectivity index (χ1v) is 8.58. The van der Waals surface area contributed by atoms with Gasteiger partial charge in [-0.25, -0.2) is 14.8 Å². The van der Waals surface area contributed by atoms with Gasteiger partial charge in [-0.2, -0.15) is 13.5 Å². The highest BCUT2D eigenvalue weighted by Gasteiger charge is 2.12. The highest BCUT2D eigenvalue weighted by molar-refractivity contribution is 7.89. The van der Waals surface area contributed by atoms with Crippen molar-refractivity contribution in [3.05, 3.63) is 59.8 Å². The maximum absolute atomic E-state index is 12.1. The normalized spacial score (nSPS) is 11.9. The maximum atomic E-state index is 12.1. The van der Waals surface area contributed by atoms with Crippen LogP contribution in [0.4, 0.5) is 5.82 Å². The smallest absolute Gasteiger partial charge is 0.276 e. The molecule has 7 nitrogen and oxygen atoms in total. The van der Waals surface area contributed by atoms with Gasteiger partial charge < -0.3 is 5.73 Å². The van der Waals surface area contributed by atoms with Gasteiger partial charge in [0.15, 0.2) is 5.82 Å². The summed E-state index contributed by atoms with van der Waals surface area (Å²) < 4.78 is 24.3. The summed E-state index contributed by atoms with van der Waals surface area (Å²) in [6.07, 6.45) is 1.24. The number of hydrogen-bond donors (Lipinski definition) is 2. The van der Waals surface area contributed by atoms with E-state index in [1.54, 1.807) is 24.3 Å². The van der Waals surface area contributed by atoms with Crippen LogP contribution in [0.1, 0.15) is 11.3 Å². The van der Waals surface area contributed by atoms with Gasteiger partial charge in [0.05, 0.1) is 22.1 Å². The van der Waals surface area contributed by atoms with E-state index in [0.717, 1.165) is 5.56 Å². The number of rotatable bonds is 4. The van der Waals surface area contributed by atoms with E-state index < -0.39 is 10.0 Å². The Labute approximate surface area is 139 Å². The molecule has 0 aliphatic carbocycles. The number of fused-ring (bicyclic) bond motifs is 1. The van der Waals surface area contributed by atoms with E-state index in [1.807, 2.05) is 19.1 Å². The van der Waals surface area contributed by atoms with Crippen LogP contribution in [-0.2, 0) is 10.0 Å². The van der Waals surface area contributed by atoms with Crippen LogP contribution in [0.3, 0.4) is 0 Å². The second-order valence-electron chi connectivity index (χ2n) is 5.15. The van der Waals surface area contributed by atoms with Crippen molar-refractivity contribution in [3.63, 3.8) is 0 Å². The Morgan fingerprint density at radius 1 is 1.04 bits per heavy atom. The third kappa shape index (κ3) is 3.33. The molecule has 0 amide bonds. The molecule has 0 fully saturated rings. The second-order valence-corrected chi connectivity index (χ2v) is 6.81. The number of nitrogen functional groups attached to an aromatic ring is 1. The number of benzene rings is 2. The average molecular weight is 341 g/mol. The maximum Gasteiger partial charge on any atom is 0.276 e. The van der Waals surface area contributed by atoms with Gasteiger partial charge in [0, 0.05) is 0 Å². The quantitative estimate of drug-likeness (QED) is 0.555. The number of nitrogens with two attached hydrogens (primary N) is 1. The van der Waals surface area contributed by atoms with Crippen molar-refractivity contribution in [3.8, 4) is 0 Å². The summed E-state index contributed by atoms with van der Waals surface area (Å²) in [7, 11) is -3.74. The molecule has 0 unspecified atom stereocenters. The van der Waals surface area contributed by atoms with Crippen LogP contribution in [0, 0.1) is 6.92 Å². The molecule has 3 N–H and O–H groups in total. The van der Waals surface area contributed by atoms with Gasteiger partial charge >= 0.3 is 0 Å². The van der Waals surface area contributed by atoms with Crippen molar-refractivity contribution in [2.75, 3.05) is 5.73 Å².